The second kappa shape index (κ2) is 11.4. The van der Waals surface area contributed by atoms with Gasteiger partial charge in [0.1, 0.15) is 11.6 Å². The molecule has 1 fully saturated rings. The number of aliphatic imine (C=N–C) groups is 1. The number of aromatic nitrogens is 1. The van der Waals surface area contributed by atoms with Crippen LogP contribution in [0, 0.1) is 5.82 Å². The quantitative estimate of drug-likeness (QED) is 0.375. The van der Waals surface area contributed by atoms with Gasteiger partial charge in [0, 0.05) is 44.6 Å². The van der Waals surface area contributed by atoms with Crippen LogP contribution in [0.25, 0.3) is 0 Å². The molecule has 0 aliphatic carbocycles. The van der Waals surface area contributed by atoms with Crippen molar-refractivity contribution in [2.24, 2.45) is 10.7 Å². The molecule has 162 valence electrons. The third-order valence-electron chi connectivity index (χ3n) is 5.37. The van der Waals surface area contributed by atoms with E-state index in [2.05, 4.69) is 38.1 Å². The van der Waals surface area contributed by atoms with E-state index in [0.29, 0.717) is 12.5 Å². The number of rotatable bonds is 9. The Morgan fingerprint density at radius 2 is 1.80 bits per heavy atom. The number of hydrogen-bond acceptors (Lipinski definition) is 4. The zero-order valence-electron chi connectivity index (χ0n) is 17.9. The van der Waals surface area contributed by atoms with E-state index < -0.39 is 0 Å². The average molecular weight is 413 g/mol. The van der Waals surface area contributed by atoms with Crippen molar-refractivity contribution in [1.82, 2.24) is 10.3 Å². The first kappa shape index (κ1) is 21.9. The van der Waals surface area contributed by atoms with Gasteiger partial charge in [0.05, 0.1) is 6.54 Å². The standard InChI is InChI=1S/C23H33FN6/c1-2-3-4-5-11-27-23(25)28-18-19-10-12-26-22(17-19)30-15-13-29(14-16-30)21-8-6-20(24)7-9-21/h6-10,12,17H,2-5,11,13-16,18H2,1H3,(H3,25,27,28). The van der Waals surface area contributed by atoms with E-state index in [9.17, 15) is 4.39 Å². The number of guanidine groups is 1. The summed E-state index contributed by atoms with van der Waals surface area (Å²) in [5.41, 5.74) is 8.14. The number of hydrogen-bond donors (Lipinski definition) is 2. The topological polar surface area (TPSA) is 69.8 Å². The SMILES string of the molecule is CCCCCCNC(N)=NCc1ccnc(N2CCN(c3ccc(F)cc3)CC2)c1. The van der Waals surface area contributed by atoms with Crippen molar-refractivity contribution in [2.45, 2.75) is 39.2 Å². The normalized spacial score (nSPS) is 14.8. The van der Waals surface area contributed by atoms with Crippen LogP contribution in [0.4, 0.5) is 15.9 Å². The molecule has 30 heavy (non-hydrogen) atoms. The van der Waals surface area contributed by atoms with Gasteiger partial charge in [0.25, 0.3) is 0 Å². The Kier molecular flexibility index (Phi) is 8.30. The summed E-state index contributed by atoms with van der Waals surface area (Å²) in [5, 5.41) is 3.19. The smallest absolute Gasteiger partial charge is 0.188 e. The summed E-state index contributed by atoms with van der Waals surface area (Å²) in [4.78, 5) is 13.6. The number of nitrogens with two attached hydrogens (primary N) is 1. The predicted molar refractivity (Wildman–Crippen MR) is 123 cm³/mol. The molecule has 1 aliphatic heterocycles. The van der Waals surface area contributed by atoms with Crippen LogP contribution in [0.5, 0.6) is 0 Å². The van der Waals surface area contributed by atoms with Crippen LogP contribution < -0.4 is 20.9 Å². The lowest BCUT2D eigenvalue weighted by Crippen LogP contribution is -2.46. The van der Waals surface area contributed by atoms with Crippen LogP contribution in [0.3, 0.4) is 0 Å². The Bertz CT molecular complexity index is 800. The Balaban J connectivity index is 1.48. The van der Waals surface area contributed by atoms with E-state index in [1.54, 1.807) is 0 Å². The van der Waals surface area contributed by atoms with Crippen LogP contribution in [-0.2, 0) is 6.54 Å². The second-order valence-corrected chi connectivity index (χ2v) is 7.66. The summed E-state index contributed by atoms with van der Waals surface area (Å²) < 4.78 is 13.1. The maximum atomic E-state index is 13.1. The number of pyridine rings is 1. The van der Waals surface area contributed by atoms with Crippen LogP contribution >= 0.6 is 0 Å². The van der Waals surface area contributed by atoms with Gasteiger partial charge in [0.15, 0.2) is 5.96 Å². The summed E-state index contributed by atoms with van der Waals surface area (Å²) in [5.74, 6) is 1.26. The third kappa shape index (κ3) is 6.61. The average Bonchev–Trinajstić information content (AvgIpc) is 2.78. The van der Waals surface area contributed by atoms with Crippen molar-refractivity contribution in [3.63, 3.8) is 0 Å². The maximum Gasteiger partial charge on any atom is 0.188 e. The third-order valence-corrected chi connectivity index (χ3v) is 5.37. The van der Waals surface area contributed by atoms with Crippen LogP contribution in [0.2, 0.25) is 0 Å². The van der Waals surface area contributed by atoms with E-state index >= 15 is 0 Å². The molecular weight excluding hydrogens is 379 g/mol. The van der Waals surface area contributed by atoms with Gasteiger partial charge < -0.3 is 20.9 Å². The Morgan fingerprint density at radius 1 is 1.07 bits per heavy atom. The minimum absolute atomic E-state index is 0.201. The molecule has 0 amide bonds. The number of nitrogens with one attached hydrogen (secondary N) is 1. The summed E-state index contributed by atoms with van der Waals surface area (Å²) in [6.07, 6.45) is 6.67. The lowest BCUT2D eigenvalue weighted by Gasteiger charge is -2.36. The fourth-order valence-corrected chi connectivity index (χ4v) is 3.58. The van der Waals surface area contributed by atoms with Gasteiger partial charge in [-0.15, -0.1) is 0 Å². The maximum absolute atomic E-state index is 13.1. The number of unbranched alkanes of at least 4 members (excludes halogenated alkanes) is 3. The largest absolute Gasteiger partial charge is 0.370 e. The highest BCUT2D eigenvalue weighted by molar-refractivity contribution is 5.77. The van der Waals surface area contributed by atoms with Crippen LogP contribution in [0.15, 0.2) is 47.6 Å². The molecule has 0 unspecified atom stereocenters. The zero-order valence-corrected chi connectivity index (χ0v) is 17.9. The van der Waals surface area contributed by atoms with Gasteiger partial charge in [0.2, 0.25) is 0 Å². The lowest BCUT2D eigenvalue weighted by atomic mass is 10.2. The fraction of sp³-hybridized carbons (Fsp3) is 0.478. The van der Waals surface area contributed by atoms with Gasteiger partial charge in [-0.3, -0.25) is 0 Å². The number of benzene rings is 1. The Labute approximate surface area is 179 Å². The van der Waals surface area contributed by atoms with E-state index in [1.807, 2.05) is 24.4 Å². The molecule has 1 aromatic carbocycles. The van der Waals surface area contributed by atoms with Crippen LogP contribution in [-0.4, -0.2) is 43.7 Å². The molecule has 3 N–H and O–H groups in total. The number of halogens is 1. The number of anilines is 2. The van der Waals surface area contributed by atoms with Gasteiger partial charge in [-0.2, -0.15) is 0 Å². The molecule has 2 aromatic rings. The van der Waals surface area contributed by atoms with Crippen LogP contribution in [0.1, 0.15) is 38.2 Å². The molecule has 0 saturated carbocycles. The summed E-state index contributed by atoms with van der Waals surface area (Å²) in [7, 11) is 0. The van der Waals surface area contributed by atoms with Crippen molar-refractivity contribution in [3.8, 4) is 0 Å². The van der Waals surface area contributed by atoms with Crippen molar-refractivity contribution in [2.75, 3.05) is 42.5 Å². The molecule has 0 atom stereocenters. The highest BCUT2D eigenvalue weighted by Crippen LogP contribution is 2.20. The van der Waals surface area contributed by atoms with Crippen molar-refractivity contribution in [1.29, 1.82) is 0 Å². The monoisotopic (exact) mass is 412 g/mol. The molecule has 2 heterocycles. The lowest BCUT2D eigenvalue weighted by molar-refractivity contribution is 0.624. The van der Waals surface area contributed by atoms with Gasteiger partial charge in [-0.1, -0.05) is 26.2 Å². The molecule has 0 radical (unpaired) electrons. The molecule has 1 aliphatic rings. The van der Waals surface area contributed by atoms with Gasteiger partial charge >= 0.3 is 0 Å². The van der Waals surface area contributed by atoms with E-state index in [4.69, 9.17) is 5.73 Å². The predicted octanol–water partition coefficient (Wildman–Crippen LogP) is 3.53. The van der Waals surface area contributed by atoms with Crippen molar-refractivity contribution in [3.05, 3.63) is 54.0 Å². The molecule has 6 nitrogen and oxygen atoms in total. The van der Waals surface area contributed by atoms with E-state index in [1.165, 1.54) is 31.4 Å². The highest BCUT2D eigenvalue weighted by Gasteiger charge is 2.18. The molecule has 1 saturated heterocycles. The summed E-state index contributed by atoms with van der Waals surface area (Å²) >= 11 is 0. The van der Waals surface area contributed by atoms with Crippen molar-refractivity contribution < 1.29 is 4.39 Å². The highest BCUT2D eigenvalue weighted by atomic mass is 19.1. The molecule has 7 heteroatoms. The number of nitrogens with zero attached hydrogens (tertiary/aromatic N) is 4. The number of piperazine rings is 1. The first-order valence-corrected chi connectivity index (χ1v) is 10.9. The molecule has 0 bridgehead atoms. The first-order chi connectivity index (χ1) is 14.7. The fourth-order valence-electron chi connectivity index (χ4n) is 3.58. The first-order valence-electron chi connectivity index (χ1n) is 10.9. The zero-order chi connectivity index (χ0) is 21.2. The van der Waals surface area contributed by atoms with Gasteiger partial charge in [-0.05, 0) is 48.4 Å². The minimum atomic E-state index is -0.201. The molecule has 0 spiro atoms. The minimum Gasteiger partial charge on any atom is -0.370 e. The molecule has 1 aromatic heterocycles. The van der Waals surface area contributed by atoms with E-state index in [-0.39, 0.29) is 5.82 Å². The Hall–Kier alpha value is -2.83. The summed E-state index contributed by atoms with van der Waals surface area (Å²) in [6.45, 7) is 7.12. The van der Waals surface area contributed by atoms with E-state index in [0.717, 1.165) is 56.2 Å². The second-order valence-electron chi connectivity index (χ2n) is 7.66. The molecular formula is C23H33FN6. The Morgan fingerprint density at radius 3 is 2.53 bits per heavy atom. The molecule has 3 rings (SSSR count). The summed E-state index contributed by atoms with van der Waals surface area (Å²) in [6, 6.07) is 10.8. The van der Waals surface area contributed by atoms with Gasteiger partial charge in [-0.25, -0.2) is 14.4 Å². The van der Waals surface area contributed by atoms with Crippen molar-refractivity contribution >= 4 is 17.5 Å².